The second-order valence-electron chi connectivity index (χ2n) is 4.62. The number of hydrogen-bond acceptors (Lipinski definition) is 2. The minimum absolute atomic E-state index is 0.395. The lowest BCUT2D eigenvalue weighted by molar-refractivity contribution is 0.592. The molecule has 3 aromatic rings. The molecule has 0 N–H and O–H groups in total. The molecule has 0 fully saturated rings. The molecule has 0 saturated heterocycles. The molecule has 1 aromatic heterocycles. The summed E-state index contributed by atoms with van der Waals surface area (Å²) in [6.45, 7) is 0. The predicted molar refractivity (Wildman–Crippen MR) is 88.6 cm³/mol. The van der Waals surface area contributed by atoms with Crippen molar-refractivity contribution < 1.29 is 4.57 Å². The van der Waals surface area contributed by atoms with Crippen molar-refractivity contribution in [1.82, 2.24) is 4.98 Å². The minimum atomic E-state index is -2.92. The smallest absolute Gasteiger partial charge is 0.172 e. The van der Waals surface area contributed by atoms with E-state index in [1.54, 1.807) is 18.3 Å². The third-order valence-electron chi connectivity index (χ3n) is 3.31. The van der Waals surface area contributed by atoms with Gasteiger partial charge < -0.3 is 4.57 Å². The van der Waals surface area contributed by atoms with Gasteiger partial charge in [0.2, 0.25) is 0 Å². The molecule has 0 unspecified atom stereocenters. The maximum absolute atomic E-state index is 13.8. The number of halogens is 1. The normalized spacial score (nSPS) is 11.3. The summed E-state index contributed by atoms with van der Waals surface area (Å²) in [6.07, 6.45) is 1.60. The molecule has 1 heterocycles. The van der Waals surface area contributed by atoms with Gasteiger partial charge in [-0.3, -0.25) is 0 Å². The van der Waals surface area contributed by atoms with Crippen LogP contribution in [0.1, 0.15) is 0 Å². The van der Waals surface area contributed by atoms with Crippen LogP contribution in [0.4, 0.5) is 0 Å². The minimum Gasteiger partial charge on any atom is -0.309 e. The molecule has 2 aromatic carbocycles. The second kappa shape index (κ2) is 5.85. The lowest BCUT2D eigenvalue weighted by atomic mass is 10.4. The Bertz CT molecular complexity index is 729. The van der Waals surface area contributed by atoms with Crippen LogP contribution in [-0.4, -0.2) is 4.98 Å². The van der Waals surface area contributed by atoms with Gasteiger partial charge in [-0.05, 0) is 12.1 Å². The predicted octanol–water partition coefficient (Wildman–Crippen LogP) is 3.37. The molecule has 0 bridgehead atoms. The maximum Gasteiger partial charge on any atom is 0.172 e. The molecule has 2 nitrogen and oxygen atoms in total. The summed E-state index contributed by atoms with van der Waals surface area (Å²) in [7, 11) is -2.92. The number of aromatic nitrogens is 1. The summed E-state index contributed by atoms with van der Waals surface area (Å²) >= 11 is 5.85. The summed E-state index contributed by atoms with van der Waals surface area (Å²) in [6, 6.07) is 22.4. The fraction of sp³-hybridized carbons (Fsp3) is 0. The second-order valence-corrected chi connectivity index (χ2v) is 7.77. The first-order valence-corrected chi connectivity index (χ1v) is 8.63. The van der Waals surface area contributed by atoms with Crippen LogP contribution >= 0.6 is 18.7 Å². The molecule has 104 valence electrons. The molecular formula is C17H13ClNOP. The van der Waals surface area contributed by atoms with E-state index in [9.17, 15) is 4.57 Å². The molecule has 0 radical (unpaired) electrons. The van der Waals surface area contributed by atoms with Crippen molar-refractivity contribution in [2.75, 3.05) is 0 Å². The first kappa shape index (κ1) is 14.1. The van der Waals surface area contributed by atoms with Crippen molar-refractivity contribution in [2.45, 2.75) is 0 Å². The first-order chi connectivity index (χ1) is 10.2. The lowest BCUT2D eigenvalue weighted by Crippen LogP contribution is -2.25. The number of benzene rings is 2. The monoisotopic (exact) mass is 313 g/mol. The highest BCUT2D eigenvalue weighted by atomic mass is 35.5. The highest BCUT2D eigenvalue weighted by Crippen LogP contribution is 2.41. The number of hydrogen-bond donors (Lipinski definition) is 0. The molecule has 0 saturated carbocycles. The maximum atomic E-state index is 13.8. The Kier molecular flexibility index (Phi) is 3.92. The van der Waals surface area contributed by atoms with Crippen LogP contribution in [0.25, 0.3) is 0 Å². The topological polar surface area (TPSA) is 30.0 Å². The van der Waals surface area contributed by atoms with Crippen LogP contribution in [0.2, 0.25) is 5.15 Å². The van der Waals surface area contributed by atoms with Crippen molar-refractivity contribution in [3.05, 3.63) is 84.1 Å². The first-order valence-electron chi connectivity index (χ1n) is 6.54. The van der Waals surface area contributed by atoms with E-state index >= 15 is 0 Å². The van der Waals surface area contributed by atoms with Crippen LogP contribution in [0.15, 0.2) is 79.0 Å². The van der Waals surface area contributed by atoms with Crippen molar-refractivity contribution in [3.8, 4) is 0 Å². The van der Waals surface area contributed by atoms with Crippen molar-refractivity contribution in [1.29, 1.82) is 0 Å². The largest absolute Gasteiger partial charge is 0.309 e. The molecule has 0 aliphatic carbocycles. The molecular weight excluding hydrogens is 301 g/mol. The zero-order chi connectivity index (χ0) is 14.7. The van der Waals surface area contributed by atoms with E-state index in [0.29, 0.717) is 10.5 Å². The van der Waals surface area contributed by atoms with Crippen LogP contribution in [-0.2, 0) is 4.57 Å². The van der Waals surface area contributed by atoms with Gasteiger partial charge in [0, 0.05) is 22.1 Å². The van der Waals surface area contributed by atoms with E-state index < -0.39 is 7.14 Å². The molecule has 0 aliphatic heterocycles. The van der Waals surface area contributed by atoms with Crippen molar-refractivity contribution >= 4 is 34.7 Å². The molecule has 0 amide bonds. The summed E-state index contributed by atoms with van der Waals surface area (Å²) in [5, 5.41) is 2.66. The van der Waals surface area contributed by atoms with E-state index in [4.69, 9.17) is 11.6 Å². The zero-order valence-corrected chi connectivity index (χ0v) is 12.8. The van der Waals surface area contributed by atoms with Gasteiger partial charge in [0.1, 0.15) is 5.15 Å². The van der Waals surface area contributed by atoms with E-state index in [1.165, 1.54) is 0 Å². The lowest BCUT2D eigenvalue weighted by Gasteiger charge is -2.19. The summed E-state index contributed by atoms with van der Waals surface area (Å²) < 4.78 is 13.8. The van der Waals surface area contributed by atoms with Gasteiger partial charge >= 0.3 is 0 Å². The zero-order valence-electron chi connectivity index (χ0n) is 11.2. The SMILES string of the molecule is O=P(c1ccccc1)(c1ccccc1)c1ccc(Cl)nc1. The molecule has 0 spiro atoms. The average molecular weight is 314 g/mol. The molecule has 21 heavy (non-hydrogen) atoms. The highest BCUT2D eigenvalue weighted by Gasteiger charge is 2.29. The highest BCUT2D eigenvalue weighted by molar-refractivity contribution is 7.85. The van der Waals surface area contributed by atoms with Crippen LogP contribution < -0.4 is 15.9 Å². The van der Waals surface area contributed by atoms with Gasteiger partial charge in [0.25, 0.3) is 0 Å². The van der Waals surface area contributed by atoms with Crippen LogP contribution in [0, 0.1) is 0 Å². The quantitative estimate of drug-likeness (QED) is 0.548. The van der Waals surface area contributed by atoms with E-state index in [2.05, 4.69) is 4.98 Å². The third-order valence-corrected chi connectivity index (χ3v) is 6.58. The number of rotatable bonds is 3. The van der Waals surface area contributed by atoms with Gasteiger partial charge in [0.05, 0.1) is 0 Å². The molecule has 4 heteroatoms. The molecule has 3 rings (SSSR count). The van der Waals surface area contributed by atoms with Gasteiger partial charge in [-0.15, -0.1) is 0 Å². The van der Waals surface area contributed by atoms with Crippen LogP contribution in [0.5, 0.6) is 0 Å². The van der Waals surface area contributed by atoms with Gasteiger partial charge in [-0.1, -0.05) is 72.3 Å². The summed E-state index contributed by atoms with van der Waals surface area (Å²) in [4.78, 5) is 4.09. The third kappa shape index (κ3) is 2.65. The standard InChI is InChI=1S/C17H13ClNOP/c18-17-12-11-16(13-19-17)21(20,14-7-3-1-4-8-14)15-9-5-2-6-10-15/h1-13H. The summed E-state index contributed by atoms with van der Waals surface area (Å²) in [5.74, 6) is 0. The Morgan fingerprint density at radius 3 is 1.67 bits per heavy atom. The molecule has 0 atom stereocenters. The Hall–Kier alpha value is -1.89. The fourth-order valence-electron chi connectivity index (χ4n) is 2.28. The average Bonchev–Trinajstić information content (AvgIpc) is 2.56. The van der Waals surface area contributed by atoms with Crippen LogP contribution in [0.3, 0.4) is 0 Å². The van der Waals surface area contributed by atoms with Gasteiger partial charge in [-0.2, -0.15) is 0 Å². The van der Waals surface area contributed by atoms with Crippen molar-refractivity contribution in [2.24, 2.45) is 0 Å². The van der Waals surface area contributed by atoms with E-state index in [0.717, 1.165) is 10.6 Å². The Balaban J connectivity index is 2.26. The van der Waals surface area contributed by atoms with Gasteiger partial charge in [0.15, 0.2) is 7.14 Å². The Morgan fingerprint density at radius 1 is 0.714 bits per heavy atom. The fourth-order valence-corrected chi connectivity index (χ4v) is 4.97. The Labute approximate surface area is 128 Å². The van der Waals surface area contributed by atoms with Gasteiger partial charge in [-0.25, -0.2) is 4.98 Å². The summed E-state index contributed by atoms with van der Waals surface area (Å²) in [5.41, 5.74) is 0. The number of nitrogens with zero attached hydrogens (tertiary/aromatic N) is 1. The Morgan fingerprint density at radius 2 is 1.24 bits per heavy atom. The van der Waals surface area contributed by atoms with Crippen molar-refractivity contribution in [3.63, 3.8) is 0 Å². The molecule has 0 aliphatic rings. The van der Waals surface area contributed by atoms with E-state index in [-0.39, 0.29) is 0 Å². The number of pyridine rings is 1. The van der Waals surface area contributed by atoms with E-state index in [1.807, 2.05) is 60.7 Å².